The number of hydrogen-bond acceptors (Lipinski definition) is 9. The molecule has 9 heteroatoms. The van der Waals surface area contributed by atoms with Gasteiger partial charge >= 0.3 is 6.16 Å². The number of aliphatic hydroxyl groups is 2. The van der Waals surface area contributed by atoms with Gasteiger partial charge in [-0.1, -0.05) is 12.1 Å². The highest BCUT2D eigenvalue weighted by Gasteiger charge is 2.65. The van der Waals surface area contributed by atoms with E-state index < -0.39 is 47.0 Å². The van der Waals surface area contributed by atoms with Crippen molar-refractivity contribution in [2.45, 2.75) is 31.4 Å². The van der Waals surface area contributed by atoms with Crippen LogP contribution in [-0.2, 0) is 20.7 Å². The number of ether oxygens (including phenoxy) is 2. The molecule has 0 aromatic heterocycles. The van der Waals surface area contributed by atoms with Gasteiger partial charge in [-0.05, 0) is 51.4 Å². The molecule has 0 spiro atoms. The fraction of sp³-hybridized carbons (Fsp3) is 0.435. The van der Waals surface area contributed by atoms with E-state index in [0.717, 1.165) is 7.11 Å². The molecule has 3 aliphatic carbocycles. The zero-order valence-electron chi connectivity index (χ0n) is 18.2. The molecule has 32 heavy (non-hydrogen) atoms. The Bertz CT molecular complexity index is 1100. The van der Waals surface area contributed by atoms with Crippen molar-refractivity contribution in [1.29, 1.82) is 0 Å². The Morgan fingerprint density at radius 1 is 1.19 bits per heavy atom. The summed E-state index contributed by atoms with van der Waals surface area (Å²) in [5.41, 5.74) is -1.71. The summed E-state index contributed by atoms with van der Waals surface area (Å²) in [6, 6.07) is 3.97. The minimum atomic E-state index is -2.23. The molecule has 0 fully saturated rings. The Morgan fingerprint density at radius 2 is 1.88 bits per heavy atom. The maximum Gasteiger partial charge on any atom is 0.509 e. The van der Waals surface area contributed by atoms with E-state index in [1.165, 1.54) is 13.0 Å². The molecule has 170 valence electrons. The molecule has 9 nitrogen and oxygen atoms in total. The fourth-order valence-electron chi connectivity index (χ4n) is 5.44. The molecule has 4 atom stereocenters. The number of aliphatic hydroxyl groups excluding tert-OH is 2. The molecule has 0 radical (unpaired) electrons. The van der Waals surface area contributed by atoms with Crippen molar-refractivity contribution in [1.82, 2.24) is 4.90 Å². The van der Waals surface area contributed by atoms with Gasteiger partial charge in [0.05, 0.1) is 18.7 Å². The molecule has 0 aliphatic heterocycles. The van der Waals surface area contributed by atoms with Crippen LogP contribution in [-0.4, -0.2) is 70.8 Å². The standard InChI is InChI=1S/C23H25NO8/c1-10-18(26)17(24(2)3)13-9-12-8-11-6-5-7-14(25)15(11)19(27)16(12)21(29)23(13,20(10)28)32-22(30)31-4/h5-7,12-13,17,25-26,29H,8-9H2,1-4H3. The zero-order valence-corrected chi connectivity index (χ0v) is 18.2. The van der Waals surface area contributed by atoms with E-state index in [2.05, 4.69) is 4.74 Å². The number of rotatable bonds is 2. The van der Waals surface area contributed by atoms with E-state index >= 15 is 0 Å². The predicted molar refractivity (Wildman–Crippen MR) is 111 cm³/mol. The molecule has 0 bridgehead atoms. The molecule has 0 saturated heterocycles. The summed E-state index contributed by atoms with van der Waals surface area (Å²) >= 11 is 0. The second kappa shape index (κ2) is 7.37. The van der Waals surface area contributed by atoms with Gasteiger partial charge in [0.25, 0.3) is 0 Å². The van der Waals surface area contributed by atoms with Crippen molar-refractivity contribution in [2.75, 3.05) is 21.2 Å². The number of ketones is 2. The zero-order chi connectivity index (χ0) is 23.5. The predicted octanol–water partition coefficient (Wildman–Crippen LogP) is 2.45. The third-order valence-corrected chi connectivity index (χ3v) is 6.83. The first-order valence-corrected chi connectivity index (χ1v) is 10.2. The first-order valence-electron chi connectivity index (χ1n) is 10.2. The Hall–Kier alpha value is -3.33. The van der Waals surface area contributed by atoms with Crippen LogP contribution >= 0.6 is 0 Å². The lowest BCUT2D eigenvalue weighted by Crippen LogP contribution is -2.64. The lowest BCUT2D eigenvalue weighted by Gasteiger charge is -2.51. The highest BCUT2D eigenvalue weighted by Crippen LogP contribution is 2.53. The third kappa shape index (κ3) is 2.77. The van der Waals surface area contributed by atoms with Crippen molar-refractivity contribution in [3.8, 4) is 5.75 Å². The number of phenols is 1. The number of carbonyl (C=O) groups excluding carboxylic acids is 3. The van der Waals surface area contributed by atoms with Crippen LogP contribution in [0.1, 0.15) is 29.3 Å². The van der Waals surface area contributed by atoms with Crippen LogP contribution in [0, 0.1) is 11.8 Å². The van der Waals surface area contributed by atoms with E-state index in [1.54, 1.807) is 31.1 Å². The minimum absolute atomic E-state index is 0.0551. The summed E-state index contributed by atoms with van der Waals surface area (Å²) in [5.74, 6) is -3.90. The average Bonchev–Trinajstić information content (AvgIpc) is 2.73. The van der Waals surface area contributed by atoms with Crippen LogP contribution in [0.2, 0.25) is 0 Å². The fourth-order valence-corrected chi connectivity index (χ4v) is 5.44. The van der Waals surface area contributed by atoms with Gasteiger partial charge in [-0.2, -0.15) is 0 Å². The molecule has 3 aliphatic rings. The number of methoxy groups -OCH3 is 1. The molecule has 1 aromatic carbocycles. The second-order valence-corrected chi connectivity index (χ2v) is 8.69. The summed E-state index contributed by atoms with van der Waals surface area (Å²) in [4.78, 5) is 40.8. The maximum atomic E-state index is 13.5. The van der Waals surface area contributed by atoms with Crippen LogP contribution in [0.5, 0.6) is 5.75 Å². The summed E-state index contributed by atoms with van der Waals surface area (Å²) in [6.07, 6.45) is -0.701. The Balaban J connectivity index is 2.01. The van der Waals surface area contributed by atoms with Crippen molar-refractivity contribution in [3.05, 3.63) is 52.0 Å². The highest BCUT2D eigenvalue weighted by molar-refractivity contribution is 6.15. The third-order valence-electron chi connectivity index (χ3n) is 6.83. The summed E-state index contributed by atoms with van der Waals surface area (Å²) in [6.45, 7) is 1.38. The lowest BCUT2D eigenvalue weighted by molar-refractivity contribution is -0.151. The quantitative estimate of drug-likeness (QED) is 0.589. The first-order chi connectivity index (χ1) is 15.1. The smallest absolute Gasteiger partial charge is 0.509 e. The Morgan fingerprint density at radius 3 is 2.50 bits per heavy atom. The molecular formula is C23H25NO8. The van der Waals surface area contributed by atoms with Gasteiger partial charge in [0.15, 0.2) is 11.5 Å². The van der Waals surface area contributed by atoms with Gasteiger partial charge in [-0.15, -0.1) is 0 Å². The Labute approximate surface area is 184 Å². The van der Waals surface area contributed by atoms with Crippen LogP contribution in [0.15, 0.2) is 40.9 Å². The highest BCUT2D eigenvalue weighted by atomic mass is 16.7. The normalized spacial score (nSPS) is 29.5. The summed E-state index contributed by atoms with van der Waals surface area (Å²) < 4.78 is 10.1. The van der Waals surface area contributed by atoms with E-state index in [0.29, 0.717) is 12.0 Å². The number of likely N-dealkylation sites (N-methyl/N-ethyl adjacent to an activating group) is 1. The number of hydrogen-bond donors (Lipinski definition) is 3. The van der Waals surface area contributed by atoms with Gasteiger partial charge in [-0.25, -0.2) is 4.79 Å². The van der Waals surface area contributed by atoms with Gasteiger partial charge in [0, 0.05) is 17.1 Å². The van der Waals surface area contributed by atoms with Gasteiger partial charge < -0.3 is 24.8 Å². The van der Waals surface area contributed by atoms with E-state index in [9.17, 15) is 29.7 Å². The van der Waals surface area contributed by atoms with Gasteiger partial charge in [0.2, 0.25) is 11.4 Å². The van der Waals surface area contributed by atoms with Crippen LogP contribution in [0.25, 0.3) is 0 Å². The van der Waals surface area contributed by atoms with Crippen molar-refractivity contribution >= 4 is 17.7 Å². The maximum absolute atomic E-state index is 13.5. The molecular weight excluding hydrogens is 418 g/mol. The monoisotopic (exact) mass is 443 g/mol. The number of benzene rings is 1. The van der Waals surface area contributed by atoms with E-state index in [4.69, 9.17) is 4.74 Å². The van der Waals surface area contributed by atoms with Gasteiger partial charge in [0.1, 0.15) is 11.5 Å². The molecule has 0 amide bonds. The Kier molecular flexibility index (Phi) is 5.04. The van der Waals surface area contributed by atoms with Crippen LogP contribution in [0.4, 0.5) is 4.79 Å². The lowest BCUT2D eigenvalue weighted by atomic mass is 9.58. The number of carbonyl (C=O) groups is 3. The number of aromatic hydroxyl groups is 1. The molecule has 3 N–H and O–H groups in total. The molecule has 4 unspecified atom stereocenters. The number of nitrogens with zero attached hydrogens (tertiary/aromatic N) is 1. The number of phenolic OH excluding ortho intramolecular Hbond substituents is 1. The van der Waals surface area contributed by atoms with Crippen molar-refractivity contribution < 1.29 is 39.2 Å². The largest absolute Gasteiger partial charge is 0.510 e. The first kappa shape index (κ1) is 21.9. The summed E-state index contributed by atoms with van der Waals surface area (Å²) in [5, 5.41) is 32.5. The van der Waals surface area contributed by atoms with Crippen LogP contribution in [0.3, 0.4) is 0 Å². The van der Waals surface area contributed by atoms with E-state index in [-0.39, 0.29) is 34.6 Å². The minimum Gasteiger partial charge on any atom is -0.510 e. The van der Waals surface area contributed by atoms with Crippen molar-refractivity contribution in [2.24, 2.45) is 11.8 Å². The van der Waals surface area contributed by atoms with Gasteiger partial charge in [-0.3, -0.25) is 14.5 Å². The topological polar surface area (TPSA) is 134 Å². The number of allylic oxidation sites excluding steroid dienone is 1. The molecule has 0 saturated carbocycles. The second-order valence-electron chi connectivity index (χ2n) is 8.69. The van der Waals surface area contributed by atoms with Crippen molar-refractivity contribution in [3.63, 3.8) is 0 Å². The number of fused-ring (bicyclic) bond motifs is 3. The molecule has 0 heterocycles. The summed E-state index contributed by atoms with van der Waals surface area (Å²) in [7, 11) is 4.46. The van der Waals surface area contributed by atoms with E-state index in [1.807, 2.05) is 0 Å². The van der Waals surface area contributed by atoms with Crippen LogP contribution < -0.4 is 0 Å². The molecule has 4 rings (SSSR count). The SMILES string of the molecule is COC(=O)OC12C(=O)C(C)=C(O)C(N(C)C)C1CC1Cc3cccc(O)c3C(=O)C1=C2O. The average molecular weight is 443 g/mol. The number of Topliss-reactive ketones (excluding diaryl/α,β-unsaturated/α-hetero) is 2. The molecule has 1 aromatic rings.